The molecule has 1 aliphatic rings. The second kappa shape index (κ2) is 6.56. The third-order valence-electron chi connectivity index (χ3n) is 3.64. The topological polar surface area (TPSA) is 86.8 Å². The number of carbonyl (C=O) groups is 2. The van der Waals surface area contributed by atoms with Crippen LogP contribution in [0.2, 0.25) is 0 Å². The molecule has 1 aromatic heterocycles. The van der Waals surface area contributed by atoms with Crippen molar-refractivity contribution in [2.75, 3.05) is 19.6 Å². The number of hydrogen-bond acceptors (Lipinski definition) is 4. The van der Waals surface area contributed by atoms with E-state index in [-0.39, 0.29) is 5.76 Å². The van der Waals surface area contributed by atoms with Crippen molar-refractivity contribution in [2.45, 2.75) is 32.7 Å². The van der Waals surface area contributed by atoms with Crippen LogP contribution in [0, 0.1) is 6.92 Å². The van der Waals surface area contributed by atoms with E-state index < -0.39 is 18.4 Å². The molecule has 2 heterocycles. The number of aryl methyl sites for hydroxylation is 1. The van der Waals surface area contributed by atoms with Gasteiger partial charge in [-0.1, -0.05) is 0 Å². The van der Waals surface area contributed by atoms with Gasteiger partial charge in [-0.3, -0.25) is 4.79 Å². The number of carbonyl (C=O) groups excluding carboxylic acids is 2. The molecule has 1 fully saturated rings. The second-order valence-electron chi connectivity index (χ2n) is 5.23. The number of furan rings is 1. The maximum Gasteiger partial charge on any atom is 0.287 e. The van der Waals surface area contributed by atoms with Gasteiger partial charge in [0.05, 0.1) is 25.6 Å². The normalized spacial score (nSPS) is 16.1. The average Bonchev–Trinajstić information content (AvgIpc) is 2.79. The molecule has 0 saturated carbocycles. The van der Waals surface area contributed by atoms with Crippen molar-refractivity contribution >= 4 is 11.9 Å². The number of quaternary nitrogens is 1. The van der Waals surface area contributed by atoms with E-state index in [1.165, 1.54) is 24.2 Å². The lowest BCUT2D eigenvalue weighted by molar-refractivity contribution is -0.918. The lowest BCUT2D eigenvalue weighted by atomic mass is 10.1. The van der Waals surface area contributed by atoms with Crippen LogP contribution in [0.4, 0.5) is 0 Å². The number of aliphatic carboxylic acids is 1. The summed E-state index contributed by atoms with van der Waals surface area (Å²) in [7, 11) is 0. The summed E-state index contributed by atoms with van der Waals surface area (Å²) in [5.74, 6) is -0.950. The fourth-order valence-electron chi connectivity index (χ4n) is 2.54. The molecule has 20 heavy (non-hydrogen) atoms. The fraction of sp³-hybridized carbons (Fsp3) is 0.571. The number of likely N-dealkylation sites (tertiary alicyclic amines) is 1. The Morgan fingerprint density at radius 3 is 2.70 bits per heavy atom. The van der Waals surface area contributed by atoms with Crippen LogP contribution >= 0.6 is 0 Å². The summed E-state index contributed by atoms with van der Waals surface area (Å²) in [6.45, 7) is 4.47. The molecule has 2 N–H and O–H groups in total. The predicted octanol–water partition coefficient (Wildman–Crippen LogP) is -1.36. The highest BCUT2D eigenvalue weighted by Crippen LogP contribution is 2.14. The molecular formula is C14H20N2O4. The average molecular weight is 280 g/mol. The zero-order valence-electron chi connectivity index (χ0n) is 11.7. The number of rotatable bonds is 5. The highest BCUT2D eigenvalue weighted by Gasteiger charge is 2.19. The lowest BCUT2D eigenvalue weighted by Gasteiger charge is -2.23. The molecule has 6 nitrogen and oxygen atoms in total. The van der Waals surface area contributed by atoms with E-state index in [0.717, 1.165) is 31.0 Å². The van der Waals surface area contributed by atoms with Crippen molar-refractivity contribution in [2.24, 2.45) is 0 Å². The second-order valence-corrected chi connectivity index (χ2v) is 5.23. The molecule has 110 valence electrons. The van der Waals surface area contributed by atoms with E-state index in [1.807, 2.05) is 6.92 Å². The Labute approximate surface area is 117 Å². The van der Waals surface area contributed by atoms with Crippen molar-refractivity contribution in [3.8, 4) is 0 Å². The van der Waals surface area contributed by atoms with Crippen LogP contribution in [-0.4, -0.2) is 31.5 Å². The minimum atomic E-state index is -1.32. The van der Waals surface area contributed by atoms with Crippen LogP contribution in [0.3, 0.4) is 0 Å². The molecule has 0 spiro atoms. The van der Waals surface area contributed by atoms with Gasteiger partial charge in [0.2, 0.25) is 0 Å². The largest absolute Gasteiger partial charge is 0.548 e. The molecule has 2 rings (SSSR count). The highest BCUT2D eigenvalue weighted by molar-refractivity contribution is 5.93. The van der Waals surface area contributed by atoms with Crippen LogP contribution < -0.4 is 15.3 Å². The van der Waals surface area contributed by atoms with Crippen molar-refractivity contribution in [1.29, 1.82) is 0 Å². The van der Waals surface area contributed by atoms with Crippen LogP contribution in [0.5, 0.6) is 0 Å². The van der Waals surface area contributed by atoms with Gasteiger partial charge in [-0.15, -0.1) is 0 Å². The van der Waals surface area contributed by atoms with Crippen molar-refractivity contribution in [3.63, 3.8) is 0 Å². The Balaban J connectivity index is 1.97. The van der Waals surface area contributed by atoms with E-state index in [4.69, 9.17) is 4.42 Å². The first-order valence-electron chi connectivity index (χ1n) is 6.97. The zero-order chi connectivity index (χ0) is 14.5. The first-order chi connectivity index (χ1) is 9.56. The molecule has 0 radical (unpaired) electrons. The first kappa shape index (κ1) is 14.6. The molecular weight excluding hydrogens is 260 g/mol. The summed E-state index contributed by atoms with van der Waals surface area (Å²) in [4.78, 5) is 23.5. The van der Waals surface area contributed by atoms with Gasteiger partial charge in [-0.05, 0) is 32.3 Å². The Morgan fingerprint density at radius 1 is 1.35 bits per heavy atom. The van der Waals surface area contributed by atoms with Crippen LogP contribution in [0.1, 0.15) is 41.1 Å². The van der Waals surface area contributed by atoms with Crippen LogP contribution in [0.15, 0.2) is 10.5 Å². The molecule has 6 heteroatoms. The van der Waals surface area contributed by atoms with Crippen molar-refractivity contribution in [1.82, 2.24) is 5.32 Å². The first-order valence-corrected chi connectivity index (χ1v) is 6.97. The highest BCUT2D eigenvalue weighted by atomic mass is 16.4. The molecule has 0 atom stereocenters. The number of carboxylic acid groups (broad SMARTS) is 1. The maximum atomic E-state index is 11.7. The van der Waals surface area contributed by atoms with E-state index in [2.05, 4.69) is 5.32 Å². The van der Waals surface area contributed by atoms with Crippen molar-refractivity contribution < 1.29 is 24.0 Å². The quantitative estimate of drug-likeness (QED) is 0.697. The van der Waals surface area contributed by atoms with E-state index >= 15 is 0 Å². The van der Waals surface area contributed by atoms with E-state index in [9.17, 15) is 14.7 Å². The molecule has 0 aliphatic carbocycles. The third kappa shape index (κ3) is 3.84. The monoisotopic (exact) mass is 280 g/mol. The van der Waals surface area contributed by atoms with E-state index in [0.29, 0.717) is 0 Å². The van der Waals surface area contributed by atoms with Gasteiger partial charge in [-0.25, -0.2) is 0 Å². The SMILES string of the molecule is Cc1oc(C(=O)NCC(=O)[O-])cc1C[NH+]1CCCCC1. The third-order valence-corrected chi connectivity index (χ3v) is 3.64. The summed E-state index contributed by atoms with van der Waals surface area (Å²) in [5.41, 5.74) is 1.01. The van der Waals surface area contributed by atoms with Gasteiger partial charge in [0.15, 0.2) is 5.76 Å². The number of carboxylic acids is 1. The molecule has 0 aromatic carbocycles. The minimum Gasteiger partial charge on any atom is -0.548 e. The number of nitrogens with one attached hydrogen (secondary N) is 2. The molecule has 1 aromatic rings. The Hall–Kier alpha value is -1.82. The predicted molar refractivity (Wildman–Crippen MR) is 69.0 cm³/mol. The summed E-state index contributed by atoms with van der Waals surface area (Å²) in [6.07, 6.45) is 3.78. The summed E-state index contributed by atoms with van der Waals surface area (Å²) < 4.78 is 5.41. The van der Waals surface area contributed by atoms with Crippen LogP contribution in [-0.2, 0) is 11.3 Å². The molecule has 1 aliphatic heterocycles. The lowest BCUT2D eigenvalue weighted by Crippen LogP contribution is -3.11. The van der Waals surface area contributed by atoms with Gasteiger partial charge in [0, 0.05) is 5.56 Å². The van der Waals surface area contributed by atoms with Gasteiger partial charge in [-0.2, -0.15) is 0 Å². The van der Waals surface area contributed by atoms with Gasteiger partial charge in [0.1, 0.15) is 12.3 Å². The maximum absolute atomic E-state index is 11.7. The van der Waals surface area contributed by atoms with Gasteiger partial charge in [0.25, 0.3) is 5.91 Å². The fourth-order valence-corrected chi connectivity index (χ4v) is 2.54. The number of amides is 1. The Kier molecular flexibility index (Phi) is 4.79. The summed E-state index contributed by atoms with van der Waals surface area (Å²) in [5, 5.41) is 12.6. The molecule has 1 amide bonds. The van der Waals surface area contributed by atoms with Gasteiger partial charge >= 0.3 is 0 Å². The standard InChI is InChI=1S/C14H20N2O4/c1-10-11(9-16-5-3-2-4-6-16)7-12(20-10)14(19)15-8-13(17)18/h7H,2-6,8-9H2,1H3,(H,15,19)(H,17,18). The molecule has 1 saturated heterocycles. The minimum absolute atomic E-state index is 0.162. The van der Waals surface area contributed by atoms with Gasteiger partial charge < -0.3 is 24.5 Å². The molecule has 0 bridgehead atoms. The number of piperidine rings is 1. The molecule has 0 unspecified atom stereocenters. The number of hydrogen-bond donors (Lipinski definition) is 2. The van der Waals surface area contributed by atoms with E-state index in [1.54, 1.807) is 6.07 Å². The zero-order valence-corrected chi connectivity index (χ0v) is 11.7. The Bertz CT molecular complexity index is 489. The Morgan fingerprint density at radius 2 is 2.05 bits per heavy atom. The van der Waals surface area contributed by atoms with Crippen LogP contribution in [0.25, 0.3) is 0 Å². The van der Waals surface area contributed by atoms with Crippen molar-refractivity contribution in [3.05, 3.63) is 23.2 Å². The smallest absolute Gasteiger partial charge is 0.287 e. The summed E-state index contributed by atoms with van der Waals surface area (Å²) in [6, 6.07) is 1.71. The summed E-state index contributed by atoms with van der Waals surface area (Å²) >= 11 is 0.